The molecule has 2 unspecified atom stereocenters. The van der Waals surface area contributed by atoms with Gasteiger partial charge in [-0.3, -0.25) is 4.79 Å². The number of hydrogen-bond acceptors (Lipinski definition) is 4. The van der Waals surface area contributed by atoms with E-state index >= 15 is 0 Å². The maximum absolute atomic E-state index is 10.8. The number of carboxylic acid groups (broad SMARTS) is 1. The molecule has 2 rings (SSSR count). The van der Waals surface area contributed by atoms with Gasteiger partial charge in [-0.2, -0.15) is 0 Å². The number of unbranched alkanes of at least 4 members (excludes halogenated alkanes) is 3. The molecule has 0 saturated carbocycles. The second-order valence-electron chi connectivity index (χ2n) is 8.21. The first kappa shape index (κ1) is 26.5. The van der Waals surface area contributed by atoms with Crippen LogP contribution < -0.4 is 11.1 Å². The Bertz CT molecular complexity index is 810. The van der Waals surface area contributed by atoms with Gasteiger partial charge in [-0.25, -0.2) is 0 Å². The lowest BCUT2D eigenvalue weighted by Gasteiger charge is -2.17. The predicted octanol–water partition coefficient (Wildman–Crippen LogP) is 6.19. The number of rotatable bonds is 15. The van der Waals surface area contributed by atoms with E-state index in [1.807, 2.05) is 18.2 Å². The zero-order valence-corrected chi connectivity index (χ0v) is 19.9. The molecule has 176 valence electrons. The highest BCUT2D eigenvalue weighted by molar-refractivity contribution is 6.38. The molecule has 0 radical (unpaired) electrons. The van der Waals surface area contributed by atoms with E-state index in [9.17, 15) is 9.90 Å². The summed E-state index contributed by atoms with van der Waals surface area (Å²) in [7, 11) is 0. The summed E-state index contributed by atoms with van der Waals surface area (Å²) in [5, 5.41) is 23.2. The van der Waals surface area contributed by atoms with E-state index in [4.69, 9.17) is 34.0 Å². The van der Waals surface area contributed by atoms with Crippen molar-refractivity contribution in [3.05, 3.63) is 63.6 Å². The van der Waals surface area contributed by atoms with Crippen molar-refractivity contribution in [1.29, 1.82) is 0 Å². The molecule has 0 fully saturated rings. The molecule has 32 heavy (non-hydrogen) atoms. The van der Waals surface area contributed by atoms with Crippen LogP contribution in [0.3, 0.4) is 0 Å². The quantitative estimate of drug-likeness (QED) is 0.180. The number of nitrogens with two attached hydrogens (primary N) is 1. The summed E-state index contributed by atoms with van der Waals surface area (Å²) >= 11 is 12.1. The zero-order chi connectivity index (χ0) is 23.3. The largest absolute Gasteiger partial charge is 0.481 e. The van der Waals surface area contributed by atoms with E-state index < -0.39 is 12.1 Å². The average Bonchev–Trinajstić information content (AvgIpc) is 2.77. The first-order valence-electron chi connectivity index (χ1n) is 11.3. The van der Waals surface area contributed by atoms with Gasteiger partial charge in [-0.15, -0.1) is 0 Å². The van der Waals surface area contributed by atoms with E-state index in [1.165, 1.54) is 5.56 Å². The molecule has 7 heteroatoms. The van der Waals surface area contributed by atoms with Crippen LogP contribution in [0.15, 0.2) is 42.5 Å². The Morgan fingerprint density at radius 1 is 0.938 bits per heavy atom. The maximum atomic E-state index is 10.8. The SMILES string of the molecule is Nc1c(Cl)cc(C(O)CNCCCCCCC(CCCC(=O)O)c2ccccc2)cc1Cl. The molecule has 2 aromatic rings. The molecular weight excluding hydrogens is 447 g/mol. The lowest BCUT2D eigenvalue weighted by atomic mass is 9.88. The smallest absolute Gasteiger partial charge is 0.303 e. The Morgan fingerprint density at radius 2 is 1.56 bits per heavy atom. The molecule has 2 atom stereocenters. The number of nitrogen functional groups attached to an aromatic ring is 1. The van der Waals surface area contributed by atoms with Crippen LogP contribution >= 0.6 is 23.2 Å². The number of anilines is 1. The van der Waals surface area contributed by atoms with Gasteiger partial charge in [0.1, 0.15) is 0 Å². The zero-order valence-electron chi connectivity index (χ0n) is 18.4. The monoisotopic (exact) mass is 480 g/mol. The number of hydrogen-bond donors (Lipinski definition) is 4. The van der Waals surface area contributed by atoms with Crippen molar-refractivity contribution in [3.8, 4) is 0 Å². The van der Waals surface area contributed by atoms with Crippen molar-refractivity contribution in [1.82, 2.24) is 5.32 Å². The Kier molecular flexibility index (Phi) is 11.9. The van der Waals surface area contributed by atoms with Crippen molar-refractivity contribution in [2.45, 2.75) is 63.4 Å². The lowest BCUT2D eigenvalue weighted by molar-refractivity contribution is -0.137. The van der Waals surface area contributed by atoms with Crippen LogP contribution in [0, 0.1) is 0 Å². The summed E-state index contributed by atoms with van der Waals surface area (Å²) in [5.74, 6) is -0.306. The molecule has 0 saturated heterocycles. The fourth-order valence-corrected chi connectivity index (χ4v) is 4.35. The van der Waals surface area contributed by atoms with E-state index in [0.717, 1.165) is 45.1 Å². The first-order chi connectivity index (χ1) is 15.4. The number of aliphatic carboxylic acids is 1. The van der Waals surface area contributed by atoms with Gasteiger partial charge in [-0.05, 0) is 61.4 Å². The van der Waals surface area contributed by atoms with Gasteiger partial charge in [0.15, 0.2) is 0 Å². The maximum Gasteiger partial charge on any atom is 0.303 e. The molecule has 0 spiro atoms. The van der Waals surface area contributed by atoms with E-state index in [1.54, 1.807) is 12.1 Å². The fraction of sp³-hybridized carbons (Fsp3) is 0.480. The summed E-state index contributed by atoms with van der Waals surface area (Å²) in [6.45, 7) is 1.25. The molecule has 5 nitrogen and oxygen atoms in total. The van der Waals surface area contributed by atoms with Crippen LogP contribution in [-0.4, -0.2) is 29.3 Å². The Hall–Kier alpha value is -1.79. The Labute approximate surface area is 200 Å². The van der Waals surface area contributed by atoms with Gasteiger partial charge in [0, 0.05) is 13.0 Å². The minimum Gasteiger partial charge on any atom is -0.481 e. The van der Waals surface area contributed by atoms with E-state index in [0.29, 0.717) is 40.2 Å². The number of aliphatic hydroxyl groups excluding tert-OH is 1. The highest BCUT2D eigenvalue weighted by atomic mass is 35.5. The minimum atomic E-state index is -0.725. The van der Waals surface area contributed by atoms with Crippen LogP contribution in [-0.2, 0) is 4.79 Å². The summed E-state index contributed by atoms with van der Waals surface area (Å²) < 4.78 is 0. The van der Waals surface area contributed by atoms with E-state index in [2.05, 4.69) is 17.4 Å². The van der Waals surface area contributed by atoms with Gasteiger partial charge in [-0.1, -0.05) is 72.8 Å². The molecule has 0 aliphatic heterocycles. The second-order valence-corrected chi connectivity index (χ2v) is 9.03. The molecule has 0 bridgehead atoms. The Morgan fingerprint density at radius 3 is 2.22 bits per heavy atom. The average molecular weight is 481 g/mol. The topological polar surface area (TPSA) is 95.6 Å². The number of benzene rings is 2. The molecule has 5 N–H and O–H groups in total. The van der Waals surface area contributed by atoms with Gasteiger partial charge in [0.25, 0.3) is 0 Å². The summed E-state index contributed by atoms with van der Waals surface area (Å²) in [5.41, 5.74) is 8.01. The summed E-state index contributed by atoms with van der Waals surface area (Å²) in [6.07, 6.45) is 6.64. The normalized spacial score (nSPS) is 13.1. The number of carbonyl (C=O) groups is 1. The van der Waals surface area contributed by atoms with Crippen LogP contribution in [0.1, 0.15) is 74.5 Å². The number of carboxylic acids is 1. The summed E-state index contributed by atoms with van der Waals surface area (Å²) in [4.78, 5) is 10.8. The third kappa shape index (κ3) is 9.37. The van der Waals surface area contributed by atoms with Crippen LogP contribution in [0.4, 0.5) is 5.69 Å². The van der Waals surface area contributed by atoms with Crippen LogP contribution in [0.2, 0.25) is 10.0 Å². The third-order valence-corrected chi connectivity index (χ3v) is 6.32. The second kappa shape index (κ2) is 14.4. The van der Waals surface area contributed by atoms with Crippen molar-refractivity contribution in [3.63, 3.8) is 0 Å². The van der Waals surface area contributed by atoms with Gasteiger partial charge in [0.05, 0.1) is 21.8 Å². The van der Waals surface area contributed by atoms with Crippen LogP contribution in [0.5, 0.6) is 0 Å². The van der Waals surface area contributed by atoms with Crippen molar-refractivity contribution < 1.29 is 15.0 Å². The predicted molar refractivity (Wildman–Crippen MR) is 132 cm³/mol. The van der Waals surface area contributed by atoms with Gasteiger partial charge in [0.2, 0.25) is 0 Å². The molecule has 0 heterocycles. The van der Waals surface area contributed by atoms with Crippen LogP contribution in [0.25, 0.3) is 0 Å². The lowest BCUT2D eigenvalue weighted by Crippen LogP contribution is -2.22. The molecule has 0 aromatic heterocycles. The standard InChI is InChI=1S/C25H34Cl2N2O3/c26-21-15-20(16-22(27)25(21)28)23(30)17-29-14-7-2-1-4-9-19(12-8-13-24(31)32)18-10-5-3-6-11-18/h3,5-6,10-11,15-16,19,23,29-30H,1-2,4,7-9,12-14,17,28H2,(H,31,32). The first-order valence-corrected chi connectivity index (χ1v) is 12.0. The molecule has 0 amide bonds. The minimum absolute atomic E-state index is 0.232. The van der Waals surface area contributed by atoms with Crippen molar-refractivity contribution >= 4 is 34.9 Å². The molecular formula is C25H34Cl2N2O3. The van der Waals surface area contributed by atoms with Gasteiger partial charge >= 0.3 is 5.97 Å². The number of aliphatic hydroxyl groups is 1. The highest BCUT2D eigenvalue weighted by Gasteiger charge is 2.13. The third-order valence-electron chi connectivity index (χ3n) is 5.69. The van der Waals surface area contributed by atoms with Gasteiger partial charge < -0.3 is 21.3 Å². The number of nitrogens with one attached hydrogen (secondary N) is 1. The molecule has 0 aliphatic rings. The van der Waals surface area contributed by atoms with Crippen molar-refractivity contribution in [2.75, 3.05) is 18.8 Å². The fourth-order valence-electron chi connectivity index (χ4n) is 3.85. The Balaban J connectivity index is 1.63. The molecule has 2 aromatic carbocycles. The van der Waals surface area contributed by atoms with Crippen molar-refractivity contribution in [2.24, 2.45) is 0 Å². The summed E-state index contributed by atoms with van der Waals surface area (Å²) in [6, 6.07) is 13.7. The molecule has 0 aliphatic carbocycles. The highest BCUT2D eigenvalue weighted by Crippen LogP contribution is 2.31. The van der Waals surface area contributed by atoms with E-state index in [-0.39, 0.29) is 6.42 Å². The number of halogens is 2.